The molecule has 2 aromatic carbocycles. The molecule has 1 amide bonds. The van der Waals surface area contributed by atoms with Gasteiger partial charge in [-0.2, -0.15) is 0 Å². The molecule has 4 rings (SSSR count). The fourth-order valence-electron chi connectivity index (χ4n) is 3.02. The van der Waals surface area contributed by atoms with Crippen LogP contribution in [0.1, 0.15) is 11.1 Å². The molecule has 1 aliphatic rings. The molecule has 27 heavy (non-hydrogen) atoms. The van der Waals surface area contributed by atoms with Crippen molar-refractivity contribution < 1.29 is 14.3 Å². The molecule has 2 heterocycles. The molecule has 0 aliphatic carbocycles. The molecule has 136 valence electrons. The van der Waals surface area contributed by atoms with Crippen LogP contribution in [0.4, 0.5) is 0 Å². The molecule has 5 nitrogen and oxygen atoms in total. The van der Waals surface area contributed by atoms with Gasteiger partial charge in [0.2, 0.25) is 11.8 Å². The quantitative estimate of drug-likeness (QED) is 0.753. The fraction of sp³-hybridized carbons (Fsp3) is 0.182. The highest BCUT2D eigenvalue weighted by molar-refractivity contribution is 5.79. The van der Waals surface area contributed by atoms with E-state index in [1.807, 2.05) is 60.7 Å². The fourth-order valence-corrected chi connectivity index (χ4v) is 3.02. The van der Waals surface area contributed by atoms with Crippen molar-refractivity contribution >= 4 is 5.91 Å². The Morgan fingerprint density at radius 3 is 2.70 bits per heavy atom. The third-order valence-electron chi connectivity index (χ3n) is 4.48. The average Bonchev–Trinajstić information content (AvgIpc) is 2.73. The molecule has 0 unspecified atom stereocenters. The molecular formula is C22H20N2O3. The third kappa shape index (κ3) is 4.26. The van der Waals surface area contributed by atoms with Crippen LogP contribution in [-0.2, 0) is 17.8 Å². The smallest absolute Gasteiger partial charge is 0.227 e. The van der Waals surface area contributed by atoms with Crippen molar-refractivity contribution in [2.45, 2.75) is 13.0 Å². The number of benzene rings is 2. The van der Waals surface area contributed by atoms with Gasteiger partial charge in [0, 0.05) is 18.8 Å². The van der Waals surface area contributed by atoms with Gasteiger partial charge >= 0.3 is 0 Å². The molecule has 0 saturated carbocycles. The van der Waals surface area contributed by atoms with Crippen molar-refractivity contribution in [2.75, 3.05) is 6.61 Å². The molecule has 0 spiro atoms. The zero-order chi connectivity index (χ0) is 18.5. The Bertz CT molecular complexity index is 910. The molecule has 1 atom stereocenters. The number of nitrogens with zero attached hydrogens (tertiary/aromatic N) is 1. The lowest BCUT2D eigenvalue weighted by Gasteiger charge is -2.24. The number of aromatic nitrogens is 1. The topological polar surface area (TPSA) is 60.5 Å². The lowest BCUT2D eigenvalue weighted by atomic mass is 9.96. The summed E-state index contributed by atoms with van der Waals surface area (Å²) in [6, 6.07) is 21.1. The number of hydrogen-bond acceptors (Lipinski definition) is 4. The van der Waals surface area contributed by atoms with Gasteiger partial charge < -0.3 is 14.8 Å². The van der Waals surface area contributed by atoms with Crippen molar-refractivity contribution in [2.24, 2.45) is 5.92 Å². The maximum Gasteiger partial charge on any atom is 0.227 e. The monoisotopic (exact) mass is 360 g/mol. The summed E-state index contributed by atoms with van der Waals surface area (Å²) >= 11 is 0. The van der Waals surface area contributed by atoms with Crippen molar-refractivity contribution in [1.82, 2.24) is 10.3 Å². The first-order valence-corrected chi connectivity index (χ1v) is 8.94. The van der Waals surface area contributed by atoms with E-state index in [0.29, 0.717) is 25.5 Å². The maximum atomic E-state index is 12.5. The van der Waals surface area contributed by atoms with Gasteiger partial charge in [-0.3, -0.25) is 4.79 Å². The Morgan fingerprint density at radius 1 is 1.07 bits per heavy atom. The van der Waals surface area contributed by atoms with Crippen LogP contribution in [0.3, 0.4) is 0 Å². The van der Waals surface area contributed by atoms with Crippen LogP contribution in [0, 0.1) is 5.92 Å². The van der Waals surface area contributed by atoms with Gasteiger partial charge in [-0.25, -0.2) is 4.98 Å². The summed E-state index contributed by atoms with van der Waals surface area (Å²) in [4.78, 5) is 16.7. The van der Waals surface area contributed by atoms with Crippen LogP contribution >= 0.6 is 0 Å². The minimum Gasteiger partial charge on any atom is -0.492 e. The number of fused-ring (bicyclic) bond motifs is 1. The number of rotatable bonds is 5. The van der Waals surface area contributed by atoms with Gasteiger partial charge in [0.15, 0.2) is 0 Å². The van der Waals surface area contributed by atoms with Gasteiger partial charge in [0.1, 0.15) is 18.1 Å². The second-order valence-corrected chi connectivity index (χ2v) is 6.46. The molecule has 1 aromatic heterocycles. The van der Waals surface area contributed by atoms with Gasteiger partial charge in [-0.05, 0) is 35.7 Å². The molecule has 3 aromatic rings. The van der Waals surface area contributed by atoms with E-state index in [1.54, 1.807) is 12.3 Å². The van der Waals surface area contributed by atoms with E-state index in [-0.39, 0.29) is 11.8 Å². The molecular weight excluding hydrogens is 340 g/mol. The summed E-state index contributed by atoms with van der Waals surface area (Å²) < 4.78 is 11.4. The highest BCUT2D eigenvalue weighted by atomic mass is 16.5. The van der Waals surface area contributed by atoms with E-state index < -0.39 is 0 Å². The van der Waals surface area contributed by atoms with E-state index in [0.717, 1.165) is 22.6 Å². The first kappa shape index (κ1) is 17.1. The van der Waals surface area contributed by atoms with E-state index in [1.165, 1.54) is 0 Å². The normalized spacial score (nSPS) is 15.3. The molecule has 0 saturated heterocycles. The van der Waals surface area contributed by atoms with Crippen molar-refractivity contribution in [3.05, 3.63) is 84.1 Å². The largest absolute Gasteiger partial charge is 0.492 e. The number of carbonyl (C=O) groups is 1. The van der Waals surface area contributed by atoms with E-state index in [4.69, 9.17) is 9.47 Å². The standard InChI is InChI=1S/C22H20N2O3/c25-22(18-12-17-6-4-5-9-20(17)26-15-18)24-14-16-10-11-21(23-13-16)27-19-7-2-1-3-8-19/h1-11,13,18H,12,14-15H2,(H,24,25)/t18-/m1/s1. The minimum absolute atomic E-state index is 0.00545. The molecule has 5 heteroatoms. The van der Waals surface area contributed by atoms with Crippen LogP contribution in [0.25, 0.3) is 0 Å². The van der Waals surface area contributed by atoms with Crippen LogP contribution in [0.5, 0.6) is 17.4 Å². The lowest BCUT2D eigenvalue weighted by Crippen LogP contribution is -2.37. The second kappa shape index (κ2) is 7.91. The maximum absolute atomic E-state index is 12.5. The second-order valence-electron chi connectivity index (χ2n) is 6.46. The molecule has 1 N–H and O–H groups in total. The number of ether oxygens (including phenoxy) is 2. The highest BCUT2D eigenvalue weighted by Crippen LogP contribution is 2.27. The Morgan fingerprint density at radius 2 is 1.89 bits per heavy atom. The predicted octanol–water partition coefficient (Wildman–Crippen LogP) is 3.74. The molecule has 0 radical (unpaired) electrons. The summed E-state index contributed by atoms with van der Waals surface area (Å²) in [5.41, 5.74) is 1.99. The minimum atomic E-state index is -0.173. The lowest BCUT2D eigenvalue weighted by molar-refractivity contribution is -0.126. The molecule has 0 bridgehead atoms. The number of hydrogen-bond donors (Lipinski definition) is 1. The van der Waals surface area contributed by atoms with Gasteiger partial charge in [-0.1, -0.05) is 42.5 Å². The molecule has 1 aliphatic heterocycles. The van der Waals surface area contributed by atoms with E-state index in [2.05, 4.69) is 10.3 Å². The van der Waals surface area contributed by atoms with E-state index >= 15 is 0 Å². The highest BCUT2D eigenvalue weighted by Gasteiger charge is 2.25. The third-order valence-corrected chi connectivity index (χ3v) is 4.48. The zero-order valence-electron chi connectivity index (χ0n) is 14.8. The number of para-hydroxylation sites is 2. The van der Waals surface area contributed by atoms with Gasteiger partial charge in [-0.15, -0.1) is 0 Å². The van der Waals surface area contributed by atoms with Crippen LogP contribution in [-0.4, -0.2) is 17.5 Å². The van der Waals surface area contributed by atoms with Crippen molar-refractivity contribution in [3.8, 4) is 17.4 Å². The SMILES string of the molecule is O=C(NCc1ccc(Oc2ccccc2)nc1)[C@H]1COc2ccccc2C1. The van der Waals surface area contributed by atoms with Crippen LogP contribution < -0.4 is 14.8 Å². The van der Waals surface area contributed by atoms with Gasteiger partial charge in [0.25, 0.3) is 0 Å². The Labute approximate surface area is 158 Å². The predicted molar refractivity (Wildman–Crippen MR) is 102 cm³/mol. The Balaban J connectivity index is 1.30. The number of pyridine rings is 1. The summed E-state index contributed by atoms with van der Waals surface area (Å²) in [5.74, 6) is 1.96. The summed E-state index contributed by atoms with van der Waals surface area (Å²) in [6.07, 6.45) is 2.41. The van der Waals surface area contributed by atoms with Crippen LogP contribution in [0.15, 0.2) is 72.9 Å². The van der Waals surface area contributed by atoms with E-state index in [9.17, 15) is 4.79 Å². The summed E-state index contributed by atoms with van der Waals surface area (Å²) in [7, 11) is 0. The first-order chi connectivity index (χ1) is 13.3. The molecule has 0 fully saturated rings. The zero-order valence-corrected chi connectivity index (χ0v) is 14.8. The summed E-state index contributed by atoms with van der Waals surface area (Å²) in [6.45, 7) is 0.834. The van der Waals surface area contributed by atoms with Crippen LogP contribution in [0.2, 0.25) is 0 Å². The average molecular weight is 360 g/mol. The summed E-state index contributed by atoms with van der Waals surface area (Å²) in [5, 5.41) is 2.97. The van der Waals surface area contributed by atoms with Crippen molar-refractivity contribution in [3.63, 3.8) is 0 Å². The number of nitrogens with one attached hydrogen (secondary N) is 1. The first-order valence-electron chi connectivity index (χ1n) is 8.94. The Kier molecular flexibility index (Phi) is 5.01. The van der Waals surface area contributed by atoms with Gasteiger partial charge in [0.05, 0.1) is 5.92 Å². The number of amides is 1. The number of carbonyl (C=O) groups excluding carboxylic acids is 1. The van der Waals surface area contributed by atoms with Crippen molar-refractivity contribution in [1.29, 1.82) is 0 Å². The Hall–Kier alpha value is -3.34.